The molecule has 1 heteroatoms. The summed E-state index contributed by atoms with van der Waals surface area (Å²) in [5.41, 5.74) is -0.475. The average molecular weight is 182 g/mol. The van der Waals surface area contributed by atoms with E-state index in [4.69, 9.17) is 4.74 Å². The van der Waals surface area contributed by atoms with Crippen molar-refractivity contribution < 1.29 is 4.74 Å². The minimum Gasteiger partial charge on any atom is -0.357 e. The first-order valence-electron chi connectivity index (χ1n) is 4.85. The fourth-order valence-corrected chi connectivity index (χ4v) is 1.11. The number of ether oxygens (including phenoxy) is 1. The van der Waals surface area contributed by atoms with Gasteiger partial charge < -0.3 is 4.74 Å². The predicted molar refractivity (Wildman–Crippen MR) is 57.5 cm³/mol. The molecule has 1 nitrogen and oxygen atoms in total. The van der Waals surface area contributed by atoms with Crippen molar-refractivity contribution in [2.24, 2.45) is 5.92 Å². The second-order valence-corrected chi connectivity index (χ2v) is 5.15. The van der Waals surface area contributed by atoms with Crippen molar-refractivity contribution in [3.8, 4) is 11.8 Å². The van der Waals surface area contributed by atoms with Crippen molar-refractivity contribution >= 4 is 0 Å². The van der Waals surface area contributed by atoms with E-state index >= 15 is 0 Å². The first-order chi connectivity index (χ1) is 5.62. The Morgan fingerprint density at radius 1 is 1.00 bits per heavy atom. The van der Waals surface area contributed by atoms with E-state index < -0.39 is 0 Å². The topological polar surface area (TPSA) is 9.23 Å². The van der Waals surface area contributed by atoms with Gasteiger partial charge in [0.1, 0.15) is 5.60 Å². The monoisotopic (exact) mass is 182 g/mol. The SMILES string of the molecule is CC(C)C#CC(C)(C)OC(C)(C)C. The van der Waals surface area contributed by atoms with E-state index in [1.54, 1.807) is 0 Å². The molecule has 0 fully saturated rings. The maximum Gasteiger partial charge on any atom is 0.123 e. The van der Waals surface area contributed by atoms with E-state index in [1.807, 2.05) is 34.6 Å². The highest BCUT2D eigenvalue weighted by molar-refractivity contribution is 5.12. The first kappa shape index (κ1) is 12.5. The number of hydrogen-bond donors (Lipinski definition) is 0. The lowest BCUT2D eigenvalue weighted by Gasteiger charge is -2.29. The molecule has 0 aliphatic carbocycles. The molecule has 0 amide bonds. The smallest absolute Gasteiger partial charge is 0.123 e. The van der Waals surface area contributed by atoms with Crippen LogP contribution in [0.15, 0.2) is 0 Å². The fraction of sp³-hybridized carbons (Fsp3) is 0.833. The maximum absolute atomic E-state index is 5.80. The quantitative estimate of drug-likeness (QED) is 0.566. The molecule has 0 aromatic heterocycles. The van der Waals surface area contributed by atoms with E-state index in [0.29, 0.717) is 5.92 Å². The van der Waals surface area contributed by atoms with Crippen LogP contribution < -0.4 is 0 Å². The van der Waals surface area contributed by atoms with Gasteiger partial charge in [-0.25, -0.2) is 0 Å². The van der Waals surface area contributed by atoms with Crippen LogP contribution in [0.1, 0.15) is 48.5 Å². The Morgan fingerprint density at radius 2 is 1.46 bits per heavy atom. The van der Waals surface area contributed by atoms with Crippen LogP contribution in [0.4, 0.5) is 0 Å². The molecule has 0 heterocycles. The molecule has 0 aromatic carbocycles. The Kier molecular flexibility index (Phi) is 4.00. The highest BCUT2D eigenvalue weighted by atomic mass is 16.5. The lowest BCUT2D eigenvalue weighted by atomic mass is 10.1. The lowest BCUT2D eigenvalue weighted by Crippen LogP contribution is -2.33. The Balaban J connectivity index is 4.36. The summed E-state index contributed by atoms with van der Waals surface area (Å²) in [6.07, 6.45) is 0. The molecule has 0 N–H and O–H groups in total. The average Bonchev–Trinajstić information content (AvgIpc) is 1.78. The summed E-state index contributed by atoms with van der Waals surface area (Å²) < 4.78 is 5.80. The summed E-state index contributed by atoms with van der Waals surface area (Å²) in [4.78, 5) is 0. The Hall–Kier alpha value is -0.480. The minimum atomic E-state index is -0.345. The summed E-state index contributed by atoms with van der Waals surface area (Å²) in [7, 11) is 0. The largest absolute Gasteiger partial charge is 0.357 e. The molecule has 0 aliphatic heterocycles. The standard InChI is InChI=1S/C12H22O/c1-10(2)8-9-12(6,7)13-11(3,4)5/h10H,1-7H3. The lowest BCUT2D eigenvalue weighted by molar-refractivity contribution is -0.0802. The third-order valence-corrected chi connectivity index (χ3v) is 1.22. The van der Waals surface area contributed by atoms with Crippen LogP contribution in [0, 0.1) is 17.8 Å². The fourth-order valence-electron chi connectivity index (χ4n) is 1.11. The van der Waals surface area contributed by atoms with E-state index in [1.165, 1.54) is 0 Å². The zero-order chi connectivity index (χ0) is 10.7. The third kappa shape index (κ3) is 7.87. The van der Waals surface area contributed by atoms with Crippen LogP contribution in [0.25, 0.3) is 0 Å². The molecule has 0 spiro atoms. The van der Waals surface area contributed by atoms with Crippen LogP contribution in [0.2, 0.25) is 0 Å². The molecule has 13 heavy (non-hydrogen) atoms. The van der Waals surface area contributed by atoms with Gasteiger partial charge in [0.25, 0.3) is 0 Å². The molecule has 0 unspecified atom stereocenters. The summed E-state index contributed by atoms with van der Waals surface area (Å²) in [5.74, 6) is 6.68. The van der Waals surface area contributed by atoms with Crippen molar-refractivity contribution in [1.82, 2.24) is 0 Å². The van der Waals surface area contributed by atoms with Gasteiger partial charge in [-0.3, -0.25) is 0 Å². The number of rotatable bonds is 1. The molecule has 0 atom stereocenters. The molecule has 0 bridgehead atoms. The van der Waals surface area contributed by atoms with E-state index in [-0.39, 0.29) is 11.2 Å². The second-order valence-electron chi connectivity index (χ2n) is 5.15. The van der Waals surface area contributed by atoms with E-state index in [0.717, 1.165) is 0 Å². The van der Waals surface area contributed by atoms with Gasteiger partial charge in [-0.15, -0.1) is 0 Å². The molecule has 0 aromatic rings. The normalized spacial score (nSPS) is 12.6. The number of hydrogen-bond acceptors (Lipinski definition) is 1. The van der Waals surface area contributed by atoms with E-state index in [9.17, 15) is 0 Å². The van der Waals surface area contributed by atoms with Gasteiger partial charge >= 0.3 is 0 Å². The molecular weight excluding hydrogens is 160 g/mol. The Bertz CT molecular complexity index is 208. The highest BCUT2D eigenvalue weighted by Gasteiger charge is 2.23. The van der Waals surface area contributed by atoms with Gasteiger partial charge in [0, 0.05) is 5.92 Å². The highest BCUT2D eigenvalue weighted by Crippen LogP contribution is 2.18. The summed E-state index contributed by atoms with van der Waals surface area (Å²) in [6.45, 7) is 14.3. The zero-order valence-electron chi connectivity index (χ0n) is 9.99. The van der Waals surface area contributed by atoms with Crippen LogP contribution in [-0.2, 0) is 4.74 Å². The van der Waals surface area contributed by atoms with Crippen molar-refractivity contribution in [3.05, 3.63) is 0 Å². The molecule has 76 valence electrons. The van der Waals surface area contributed by atoms with Crippen molar-refractivity contribution in [1.29, 1.82) is 0 Å². The first-order valence-corrected chi connectivity index (χ1v) is 4.85. The molecule has 0 saturated heterocycles. The van der Waals surface area contributed by atoms with Gasteiger partial charge in [-0.1, -0.05) is 25.7 Å². The van der Waals surface area contributed by atoms with E-state index in [2.05, 4.69) is 25.7 Å². The molecular formula is C12H22O. The minimum absolute atomic E-state index is 0.130. The summed E-state index contributed by atoms with van der Waals surface area (Å²) in [5, 5.41) is 0. The van der Waals surface area contributed by atoms with Crippen LogP contribution in [0.3, 0.4) is 0 Å². The summed E-state index contributed by atoms with van der Waals surface area (Å²) in [6, 6.07) is 0. The van der Waals surface area contributed by atoms with Crippen molar-refractivity contribution in [3.63, 3.8) is 0 Å². The van der Waals surface area contributed by atoms with Crippen LogP contribution >= 0.6 is 0 Å². The second kappa shape index (κ2) is 4.15. The summed E-state index contributed by atoms with van der Waals surface area (Å²) >= 11 is 0. The molecule has 0 rings (SSSR count). The molecule has 0 radical (unpaired) electrons. The van der Waals surface area contributed by atoms with Gasteiger partial charge in [0.15, 0.2) is 0 Å². The van der Waals surface area contributed by atoms with Crippen molar-refractivity contribution in [2.45, 2.75) is 59.7 Å². The van der Waals surface area contributed by atoms with Gasteiger partial charge in [0.2, 0.25) is 0 Å². The van der Waals surface area contributed by atoms with Gasteiger partial charge in [-0.2, -0.15) is 0 Å². The maximum atomic E-state index is 5.80. The van der Waals surface area contributed by atoms with Gasteiger partial charge in [-0.05, 0) is 34.6 Å². The Morgan fingerprint density at radius 3 is 1.77 bits per heavy atom. The molecule has 0 saturated carbocycles. The predicted octanol–water partition coefficient (Wildman–Crippen LogP) is 3.24. The Labute approximate surface area is 82.9 Å². The molecule has 0 aliphatic rings. The third-order valence-electron chi connectivity index (χ3n) is 1.22. The van der Waals surface area contributed by atoms with Gasteiger partial charge in [0.05, 0.1) is 5.60 Å². The van der Waals surface area contributed by atoms with Crippen molar-refractivity contribution in [2.75, 3.05) is 0 Å². The van der Waals surface area contributed by atoms with Crippen LogP contribution in [-0.4, -0.2) is 11.2 Å². The zero-order valence-corrected chi connectivity index (χ0v) is 9.99. The van der Waals surface area contributed by atoms with Crippen LogP contribution in [0.5, 0.6) is 0 Å².